The topological polar surface area (TPSA) is 71.6 Å². The lowest BCUT2D eigenvalue weighted by molar-refractivity contribution is -0.144. The average molecular weight is 368 g/mol. The normalized spacial score (nSPS) is 23.6. The van der Waals surface area contributed by atoms with Crippen molar-refractivity contribution >= 4 is 22.7 Å². The molecule has 0 bridgehead atoms. The first-order valence-electron chi connectivity index (χ1n) is 9.74. The third-order valence-corrected chi connectivity index (χ3v) is 6.44. The molecule has 0 saturated carbocycles. The fourth-order valence-corrected chi connectivity index (χ4v) is 5.03. The first-order valence-corrected chi connectivity index (χ1v) is 9.74. The van der Waals surface area contributed by atoms with Gasteiger partial charge in [0.25, 0.3) is 0 Å². The summed E-state index contributed by atoms with van der Waals surface area (Å²) in [7, 11) is 1.92. The quantitative estimate of drug-likeness (QED) is 0.896. The minimum absolute atomic E-state index is 0.194. The largest absolute Gasteiger partial charge is 0.368 e. The number of hydrogen-bond donors (Lipinski definition) is 1. The molecule has 4 rings (SSSR count). The van der Waals surface area contributed by atoms with Crippen LogP contribution in [0.3, 0.4) is 0 Å². The Morgan fingerprint density at radius 1 is 1.22 bits per heavy atom. The minimum atomic E-state index is -0.332. The summed E-state index contributed by atoms with van der Waals surface area (Å²) in [5, 5.41) is 1.17. The molecule has 27 heavy (non-hydrogen) atoms. The maximum Gasteiger partial charge on any atom is 0.237 e. The highest BCUT2D eigenvalue weighted by Crippen LogP contribution is 2.40. The molecule has 1 aromatic heterocycles. The molecule has 2 saturated heterocycles. The van der Waals surface area contributed by atoms with E-state index in [1.807, 2.05) is 34.7 Å². The van der Waals surface area contributed by atoms with Crippen molar-refractivity contribution in [3.63, 3.8) is 0 Å². The molecule has 1 spiro atoms. The fraction of sp³-hybridized carbons (Fsp3) is 0.524. The summed E-state index contributed by atoms with van der Waals surface area (Å²) >= 11 is 0. The van der Waals surface area contributed by atoms with Gasteiger partial charge in [0.15, 0.2) is 0 Å². The number of likely N-dealkylation sites (tertiary alicyclic amines) is 2. The predicted octanol–water partition coefficient (Wildman–Crippen LogP) is 1.88. The molecular weight excluding hydrogens is 340 g/mol. The average Bonchev–Trinajstić information content (AvgIpc) is 3.15. The summed E-state index contributed by atoms with van der Waals surface area (Å²) in [6, 6.07) is 8.18. The van der Waals surface area contributed by atoms with Crippen LogP contribution in [0.2, 0.25) is 0 Å². The number of hydrogen-bond acceptors (Lipinski definition) is 3. The summed E-state index contributed by atoms with van der Waals surface area (Å²) in [6.45, 7) is 5.69. The Labute approximate surface area is 159 Å². The molecule has 0 unspecified atom stereocenters. The van der Waals surface area contributed by atoms with Crippen molar-refractivity contribution < 1.29 is 9.59 Å². The molecule has 6 nitrogen and oxygen atoms in total. The van der Waals surface area contributed by atoms with Crippen LogP contribution in [-0.2, 0) is 22.7 Å². The second-order valence-electron chi connectivity index (χ2n) is 8.20. The van der Waals surface area contributed by atoms with Crippen LogP contribution in [0.15, 0.2) is 24.3 Å². The molecule has 2 aliphatic heterocycles. The van der Waals surface area contributed by atoms with Crippen molar-refractivity contribution in [1.29, 1.82) is 0 Å². The van der Waals surface area contributed by atoms with Gasteiger partial charge in [0, 0.05) is 43.3 Å². The van der Waals surface area contributed by atoms with Gasteiger partial charge in [-0.25, -0.2) is 0 Å². The number of para-hydroxylation sites is 1. The van der Waals surface area contributed by atoms with Crippen molar-refractivity contribution in [2.24, 2.45) is 11.1 Å². The molecule has 6 heteroatoms. The van der Waals surface area contributed by atoms with Gasteiger partial charge in [-0.15, -0.1) is 0 Å². The molecule has 3 heterocycles. The van der Waals surface area contributed by atoms with Crippen LogP contribution in [0, 0.1) is 12.3 Å². The highest BCUT2D eigenvalue weighted by atomic mass is 16.2. The lowest BCUT2D eigenvalue weighted by Crippen LogP contribution is -2.48. The van der Waals surface area contributed by atoms with E-state index in [-0.39, 0.29) is 17.9 Å². The SMILES string of the molecule is Cc1c(CN2CC[C@]3(CCCN(C)C3=O)C2)c2ccccc2n1CC(N)=O. The number of aromatic nitrogens is 1. The van der Waals surface area contributed by atoms with Gasteiger partial charge in [0.1, 0.15) is 6.54 Å². The number of nitrogens with zero attached hydrogens (tertiary/aromatic N) is 3. The monoisotopic (exact) mass is 368 g/mol. The maximum atomic E-state index is 12.8. The van der Waals surface area contributed by atoms with Crippen molar-refractivity contribution in [2.45, 2.75) is 39.3 Å². The fourth-order valence-electron chi connectivity index (χ4n) is 5.03. The first-order chi connectivity index (χ1) is 12.9. The van der Waals surface area contributed by atoms with E-state index in [0.717, 1.165) is 56.7 Å². The summed E-state index contributed by atoms with van der Waals surface area (Å²) in [5.41, 5.74) is 8.63. The molecule has 1 aromatic carbocycles. The van der Waals surface area contributed by atoms with Crippen LogP contribution < -0.4 is 5.73 Å². The summed E-state index contributed by atoms with van der Waals surface area (Å²) in [4.78, 5) is 28.6. The van der Waals surface area contributed by atoms with Gasteiger partial charge >= 0.3 is 0 Å². The van der Waals surface area contributed by atoms with E-state index in [2.05, 4.69) is 17.9 Å². The number of benzene rings is 1. The van der Waals surface area contributed by atoms with Gasteiger partial charge in [0.05, 0.1) is 5.41 Å². The second kappa shape index (κ2) is 6.68. The van der Waals surface area contributed by atoms with Crippen LogP contribution in [0.4, 0.5) is 0 Å². The number of amides is 2. The number of piperidine rings is 1. The number of nitrogens with two attached hydrogens (primary N) is 1. The third-order valence-electron chi connectivity index (χ3n) is 6.44. The smallest absolute Gasteiger partial charge is 0.237 e. The molecule has 2 N–H and O–H groups in total. The number of fused-ring (bicyclic) bond motifs is 1. The minimum Gasteiger partial charge on any atom is -0.368 e. The Morgan fingerprint density at radius 3 is 2.78 bits per heavy atom. The van der Waals surface area contributed by atoms with Crippen molar-refractivity contribution in [3.8, 4) is 0 Å². The Kier molecular flexibility index (Phi) is 4.46. The Bertz CT molecular complexity index is 903. The first kappa shape index (κ1) is 18.0. The van der Waals surface area contributed by atoms with E-state index in [9.17, 15) is 9.59 Å². The van der Waals surface area contributed by atoms with Crippen molar-refractivity contribution in [2.75, 3.05) is 26.7 Å². The Hall–Kier alpha value is -2.34. The maximum absolute atomic E-state index is 12.8. The van der Waals surface area contributed by atoms with Crippen LogP contribution in [0.1, 0.15) is 30.5 Å². The summed E-state index contributed by atoms with van der Waals surface area (Å²) in [6.07, 6.45) is 3.03. The second-order valence-corrected chi connectivity index (χ2v) is 8.20. The van der Waals surface area contributed by atoms with Gasteiger partial charge in [-0.3, -0.25) is 14.5 Å². The van der Waals surface area contributed by atoms with Crippen molar-refractivity contribution in [1.82, 2.24) is 14.4 Å². The van der Waals surface area contributed by atoms with E-state index in [4.69, 9.17) is 5.73 Å². The number of carbonyl (C=O) groups is 2. The standard InChI is InChI=1S/C21H28N4O2/c1-15-17(16-6-3-4-7-18(16)25(15)13-19(22)26)12-24-11-9-21(14-24)8-5-10-23(2)20(21)27/h3-4,6-7H,5,8-14H2,1-2H3,(H2,22,26)/t21-/m1/s1. The number of primary amides is 1. The lowest BCUT2D eigenvalue weighted by atomic mass is 9.78. The molecule has 0 aliphatic carbocycles. The summed E-state index contributed by atoms with van der Waals surface area (Å²) < 4.78 is 2.01. The summed E-state index contributed by atoms with van der Waals surface area (Å²) in [5.74, 6) is -0.0227. The van der Waals surface area contributed by atoms with Gasteiger partial charge in [-0.2, -0.15) is 0 Å². The highest BCUT2D eigenvalue weighted by molar-refractivity contribution is 5.87. The molecule has 2 amide bonds. The molecule has 2 fully saturated rings. The molecule has 2 aromatic rings. The zero-order valence-corrected chi connectivity index (χ0v) is 16.2. The van der Waals surface area contributed by atoms with E-state index in [1.54, 1.807) is 0 Å². The number of rotatable bonds is 4. The molecule has 2 aliphatic rings. The van der Waals surface area contributed by atoms with Crippen LogP contribution in [0.5, 0.6) is 0 Å². The highest BCUT2D eigenvalue weighted by Gasteiger charge is 2.47. The van der Waals surface area contributed by atoms with E-state index >= 15 is 0 Å². The molecular formula is C21H28N4O2. The van der Waals surface area contributed by atoms with E-state index in [1.165, 1.54) is 10.9 Å². The van der Waals surface area contributed by atoms with Gasteiger partial charge < -0.3 is 15.2 Å². The van der Waals surface area contributed by atoms with E-state index in [0.29, 0.717) is 5.91 Å². The zero-order valence-electron chi connectivity index (χ0n) is 16.2. The third kappa shape index (κ3) is 3.02. The van der Waals surface area contributed by atoms with E-state index < -0.39 is 0 Å². The number of carbonyl (C=O) groups excluding carboxylic acids is 2. The van der Waals surface area contributed by atoms with Gasteiger partial charge in [-0.05, 0) is 44.4 Å². The van der Waals surface area contributed by atoms with Crippen LogP contribution in [0.25, 0.3) is 10.9 Å². The van der Waals surface area contributed by atoms with Crippen molar-refractivity contribution in [3.05, 3.63) is 35.5 Å². The Morgan fingerprint density at radius 2 is 2.00 bits per heavy atom. The van der Waals surface area contributed by atoms with Crippen LogP contribution in [-0.4, -0.2) is 52.9 Å². The molecule has 1 atom stereocenters. The van der Waals surface area contributed by atoms with Crippen LogP contribution >= 0.6 is 0 Å². The predicted molar refractivity (Wildman–Crippen MR) is 105 cm³/mol. The molecule has 144 valence electrons. The Balaban J connectivity index is 1.62. The molecule has 0 radical (unpaired) electrons. The van der Waals surface area contributed by atoms with Gasteiger partial charge in [0.2, 0.25) is 11.8 Å². The zero-order chi connectivity index (χ0) is 19.2. The lowest BCUT2D eigenvalue weighted by Gasteiger charge is -2.37. The van der Waals surface area contributed by atoms with Gasteiger partial charge in [-0.1, -0.05) is 18.2 Å².